The summed E-state index contributed by atoms with van der Waals surface area (Å²) in [7, 11) is 0. The Bertz CT molecular complexity index is 441. The summed E-state index contributed by atoms with van der Waals surface area (Å²) in [5.74, 6) is 0.0347. The van der Waals surface area contributed by atoms with Crippen LogP contribution in [0.2, 0.25) is 5.02 Å². The van der Waals surface area contributed by atoms with Gasteiger partial charge in [0.05, 0.1) is 13.2 Å². The van der Waals surface area contributed by atoms with E-state index in [1.54, 1.807) is 12.1 Å². The molecule has 112 valence electrons. The molecule has 1 aromatic rings. The normalized spacial score (nSPS) is 11.8. The molecular formula is C13H20ClN3O3. The van der Waals surface area contributed by atoms with Crippen LogP contribution in [0.25, 0.3) is 0 Å². The zero-order valence-electron chi connectivity index (χ0n) is 11.2. The first-order valence-electron chi connectivity index (χ1n) is 6.34. The average molecular weight is 302 g/mol. The van der Waals surface area contributed by atoms with Gasteiger partial charge in [-0.15, -0.1) is 0 Å². The van der Waals surface area contributed by atoms with Gasteiger partial charge in [-0.3, -0.25) is 0 Å². The van der Waals surface area contributed by atoms with E-state index in [1.165, 1.54) is 0 Å². The molecular weight excluding hydrogens is 282 g/mol. The molecule has 6 nitrogen and oxygen atoms in total. The van der Waals surface area contributed by atoms with Gasteiger partial charge in [0.25, 0.3) is 0 Å². The van der Waals surface area contributed by atoms with Gasteiger partial charge < -0.3 is 26.1 Å². The molecule has 0 aliphatic carbocycles. The SMILES string of the molecule is N/C(=N/O)c1ccc(CNCCCOCCO)c(Cl)c1. The molecule has 0 amide bonds. The van der Waals surface area contributed by atoms with E-state index in [4.69, 9.17) is 32.4 Å². The highest BCUT2D eigenvalue weighted by molar-refractivity contribution is 6.31. The fourth-order valence-electron chi connectivity index (χ4n) is 1.60. The third-order valence-electron chi connectivity index (χ3n) is 2.65. The number of aliphatic hydroxyl groups is 1. The maximum Gasteiger partial charge on any atom is 0.170 e. The molecule has 0 heterocycles. The maximum absolute atomic E-state index is 8.59. The number of halogens is 1. The third kappa shape index (κ3) is 5.75. The zero-order valence-corrected chi connectivity index (χ0v) is 11.9. The lowest BCUT2D eigenvalue weighted by Crippen LogP contribution is -2.17. The van der Waals surface area contributed by atoms with E-state index in [1.807, 2.05) is 6.07 Å². The van der Waals surface area contributed by atoms with Gasteiger partial charge in [-0.05, 0) is 24.6 Å². The Kier molecular flexibility index (Phi) is 7.98. The quantitative estimate of drug-likeness (QED) is 0.179. The van der Waals surface area contributed by atoms with Gasteiger partial charge in [-0.25, -0.2) is 0 Å². The minimum absolute atomic E-state index is 0.0347. The number of oxime groups is 1. The first-order valence-corrected chi connectivity index (χ1v) is 6.72. The van der Waals surface area contributed by atoms with Gasteiger partial charge >= 0.3 is 0 Å². The van der Waals surface area contributed by atoms with Crippen molar-refractivity contribution in [1.29, 1.82) is 0 Å². The average Bonchev–Trinajstić information content (AvgIpc) is 2.46. The highest BCUT2D eigenvalue weighted by Gasteiger charge is 2.04. The molecule has 0 bridgehead atoms. The van der Waals surface area contributed by atoms with Gasteiger partial charge in [-0.2, -0.15) is 0 Å². The molecule has 0 atom stereocenters. The minimum atomic E-state index is 0.0347. The van der Waals surface area contributed by atoms with Crippen LogP contribution in [0.1, 0.15) is 17.5 Å². The van der Waals surface area contributed by atoms with Crippen molar-refractivity contribution in [1.82, 2.24) is 5.32 Å². The van der Waals surface area contributed by atoms with Crippen LogP contribution in [0.3, 0.4) is 0 Å². The topological polar surface area (TPSA) is 100 Å². The van der Waals surface area contributed by atoms with E-state index in [0.717, 1.165) is 18.5 Å². The van der Waals surface area contributed by atoms with Gasteiger partial charge in [0.1, 0.15) is 0 Å². The number of benzene rings is 1. The van der Waals surface area contributed by atoms with Gasteiger partial charge in [0.2, 0.25) is 0 Å². The second-order valence-corrected chi connectivity index (χ2v) is 4.56. The van der Waals surface area contributed by atoms with Gasteiger partial charge in [-0.1, -0.05) is 28.9 Å². The highest BCUT2D eigenvalue weighted by atomic mass is 35.5. The van der Waals surface area contributed by atoms with Crippen molar-refractivity contribution in [2.24, 2.45) is 10.9 Å². The van der Waals surface area contributed by atoms with Crippen molar-refractivity contribution in [3.63, 3.8) is 0 Å². The smallest absolute Gasteiger partial charge is 0.170 e. The molecule has 20 heavy (non-hydrogen) atoms. The Morgan fingerprint density at radius 2 is 2.20 bits per heavy atom. The van der Waals surface area contributed by atoms with Crippen molar-refractivity contribution < 1.29 is 15.1 Å². The number of nitrogens with zero attached hydrogens (tertiary/aromatic N) is 1. The Morgan fingerprint density at radius 1 is 1.40 bits per heavy atom. The van der Waals surface area contributed by atoms with Crippen LogP contribution in [0.15, 0.2) is 23.4 Å². The number of ether oxygens (including phenoxy) is 1. The van der Waals surface area contributed by atoms with Crippen LogP contribution < -0.4 is 11.1 Å². The Balaban J connectivity index is 2.34. The molecule has 0 unspecified atom stereocenters. The lowest BCUT2D eigenvalue weighted by molar-refractivity contribution is 0.0907. The standard InChI is InChI=1S/C13H20ClN3O3/c14-12-8-10(13(15)17-19)2-3-11(12)9-16-4-1-6-20-7-5-18/h2-3,8,16,18-19H,1,4-7,9H2,(H2,15,17). The molecule has 7 heteroatoms. The summed E-state index contributed by atoms with van der Waals surface area (Å²) in [6.45, 7) is 2.47. The fraction of sp³-hybridized carbons (Fsp3) is 0.462. The molecule has 0 spiro atoms. The second kappa shape index (κ2) is 9.55. The van der Waals surface area contributed by atoms with Crippen LogP contribution in [-0.4, -0.2) is 42.5 Å². The first-order chi connectivity index (χ1) is 9.69. The summed E-state index contributed by atoms with van der Waals surface area (Å²) in [6, 6.07) is 5.26. The monoisotopic (exact) mass is 301 g/mol. The van der Waals surface area contributed by atoms with Crippen LogP contribution in [0.5, 0.6) is 0 Å². The number of amidine groups is 1. The lowest BCUT2D eigenvalue weighted by atomic mass is 10.1. The Hall–Kier alpha value is -1.34. The number of aliphatic hydroxyl groups excluding tert-OH is 1. The molecule has 1 aromatic carbocycles. The van der Waals surface area contributed by atoms with Crippen molar-refractivity contribution in [3.8, 4) is 0 Å². The van der Waals surface area contributed by atoms with E-state index >= 15 is 0 Å². The van der Waals surface area contributed by atoms with Crippen LogP contribution in [0.4, 0.5) is 0 Å². The molecule has 0 fully saturated rings. The van der Waals surface area contributed by atoms with Crippen molar-refractivity contribution in [3.05, 3.63) is 34.3 Å². The van der Waals surface area contributed by atoms with Crippen LogP contribution in [-0.2, 0) is 11.3 Å². The largest absolute Gasteiger partial charge is 0.409 e. The molecule has 5 N–H and O–H groups in total. The van der Waals surface area contributed by atoms with E-state index < -0.39 is 0 Å². The summed E-state index contributed by atoms with van der Waals surface area (Å²) >= 11 is 6.13. The van der Waals surface area contributed by atoms with Gasteiger partial charge in [0.15, 0.2) is 5.84 Å². The molecule has 1 rings (SSSR count). The van der Waals surface area contributed by atoms with Gasteiger partial charge in [0, 0.05) is 23.7 Å². The van der Waals surface area contributed by atoms with Crippen molar-refractivity contribution in [2.75, 3.05) is 26.4 Å². The van der Waals surface area contributed by atoms with Crippen LogP contribution >= 0.6 is 11.6 Å². The predicted molar refractivity (Wildman–Crippen MR) is 78.2 cm³/mol. The summed E-state index contributed by atoms with van der Waals surface area (Å²) in [5.41, 5.74) is 7.01. The number of rotatable bonds is 9. The summed E-state index contributed by atoms with van der Waals surface area (Å²) in [5, 5.41) is 23.9. The maximum atomic E-state index is 8.59. The summed E-state index contributed by atoms with van der Waals surface area (Å²) in [4.78, 5) is 0. The fourth-order valence-corrected chi connectivity index (χ4v) is 1.84. The molecule has 0 aliphatic heterocycles. The summed E-state index contributed by atoms with van der Waals surface area (Å²) < 4.78 is 5.15. The predicted octanol–water partition coefficient (Wildman–Crippen LogP) is 0.923. The number of hydrogen-bond donors (Lipinski definition) is 4. The van der Waals surface area contributed by atoms with E-state index in [2.05, 4.69) is 10.5 Å². The summed E-state index contributed by atoms with van der Waals surface area (Å²) in [6.07, 6.45) is 0.861. The Labute approximate surface area is 123 Å². The highest BCUT2D eigenvalue weighted by Crippen LogP contribution is 2.17. The van der Waals surface area contributed by atoms with Crippen LogP contribution in [0, 0.1) is 0 Å². The molecule has 0 radical (unpaired) electrons. The van der Waals surface area contributed by atoms with E-state index in [0.29, 0.717) is 30.3 Å². The first kappa shape index (κ1) is 16.7. The molecule has 0 aliphatic rings. The Morgan fingerprint density at radius 3 is 2.85 bits per heavy atom. The third-order valence-corrected chi connectivity index (χ3v) is 3.00. The van der Waals surface area contributed by atoms with Crippen molar-refractivity contribution >= 4 is 17.4 Å². The molecule has 0 saturated carbocycles. The number of nitrogens with one attached hydrogen (secondary N) is 1. The molecule has 0 aromatic heterocycles. The zero-order chi connectivity index (χ0) is 14.8. The number of hydrogen-bond acceptors (Lipinski definition) is 5. The van der Waals surface area contributed by atoms with E-state index in [9.17, 15) is 0 Å². The number of nitrogens with two attached hydrogens (primary N) is 1. The second-order valence-electron chi connectivity index (χ2n) is 4.16. The minimum Gasteiger partial charge on any atom is -0.409 e. The lowest BCUT2D eigenvalue weighted by Gasteiger charge is -2.08. The molecule has 0 saturated heterocycles. The van der Waals surface area contributed by atoms with E-state index in [-0.39, 0.29) is 12.4 Å². The van der Waals surface area contributed by atoms with Crippen molar-refractivity contribution in [2.45, 2.75) is 13.0 Å².